The molecule has 1 heterocycles. The number of imidazole rings is 1. The summed E-state index contributed by atoms with van der Waals surface area (Å²) in [6.07, 6.45) is 0. The molecule has 0 saturated heterocycles. The first kappa shape index (κ1) is 40.7. The maximum Gasteiger partial charge on any atom is 0.146 e. The lowest BCUT2D eigenvalue weighted by molar-refractivity contribution is 1.10. The van der Waals surface area contributed by atoms with E-state index in [1.807, 2.05) is 78.9 Å². The Kier molecular flexibility index (Phi) is 10.2. The molecule has 9 aromatic carbocycles. The average molecular weight is 773 g/mol. The van der Waals surface area contributed by atoms with Crippen LogP contribution < -0.4 is 54.6 Å². The van der Waals surface area contributed by atoms with Gasteiger partial charge in [0.2, 0.25) is 0 Å². The zero-order valence-electron chi connectivity index (χ0n) is 34.0. The molecule has 268 valence electrons. The Morgan fingerprint density at radius 3 is 1.40 bits per heavy atom. The third-order valence-electron chi connectivity index (χ3n) is 12.2. The fourth-order valence-electron chi connectivity index (χ4n) is 9.03. The topological polar surface area (TPSA) is 17.8 Å². The van der Waals surface area contributed by atoms with Crippen molar-refractivity contribution in [2.24, 2.45) is 0 Å². The van der Waals surface area contributed by atoms with Crippen LogP contribution in [0.4, 0.5) is 0 Å². The second-order valence-electron chi connectivity index (χ2n) is 15.7. The molecule has 0 spiro atoms. The molecule has 12 heteroatoms. The summed E-state index contributed by atoms with van der Waals surface area (Å²) in [7, 11) is 64.7. The molecule has 0 aliphatic carbocycles. The van der Waals surface area contributed by atoms with Gasteiger partial charge in [0.1, 0.15) is 84.3 Å². The minimum absolute atomic E-state index is 0.140. The van der Waals surface area contributed by atoms with Gasteiger partial charge in [-0.15, -0.1) is 32.8 Å². The molecular weight excluding hydrogens is 749 g/mol. The SMILES string of the molecule is [B]c1c([B])c([B])c(-c2cccc(-c3c4ccccc4c(-c4ccccc4-c4nc5ccccc5n4-c4ccccc4)c4ccc(-c5c([B])c([B])c([B])c([B])c5[B])cc34)c2)c([B])c1[B]. The van der Waals surface area contributed by atoms with Crippen LogP contribution in [0.25, 0.3) is 94.2 Å². The maximum absolute atomic E-state index is 6.71. The molecule has 0 saturated carbocycles. The van der Waals surface area contributed by atoms with Gasteiger partial charge in [-0.2, -0.15) is 0 Å². The van der Waals surface area contributed by atoms with Crippen molar-refractivity contribution >= 4 is 166 Å². The highest BCUT2D eigenvalue weighted by Crippen LogP contribution is 2.47. The van der Waals surface area contributed by atoms with Crippen molar-refractivity contribution in [3.05, 3.63) is 146 Å². The van der Waals surface area contributed by atoms with Crippen molar-refractivity contribution in [2.45, 2.75) is 0 Å². The molecule has 0 bridgehead atoms. The molecule has 0 N–H and O–H groups in total. The summed E-state index contributed by atoms with van der Waals surface area (Å²) in [4.78, 5) is 5.29. The van der Waals surface area contributed by atoms with Gasteiger partial charge in [0.25, 0.3) is 0 Å². The Morgan fingerprint density at radius 2 is 0.778 bits per heavy atom. The Morgan fingerprint density at radius 1 is 0.317 bits per heavy atom. The lowest BCUT2D eigenvalue weighted by atomic mass is 9.59. The number of hydrogen-bond donors (Lipinski definition) is 0. The fourth-order valence-corrected chi connectivity index (χ4v) is 9.03. The Bertz CT molecular complexity index is 3470. The van der Waals surface area contributed by atoms with Gasteiger partial charge in [-0.25, -0.2) is 4.98 Å². The van der Waals surface area contributed by atoms with Crippen LogP contribution in [0, 0.1) is 0 Å². The molecule has 2 nitrogen and oxygen atoms in total. The molecule has 0 fully saturated rings. The van der Waals surface area contributed by atoms with Gasteiger partial charge < -0.3 is 0 Å². The number of nitrogens with zero attached hydrogens (tertiary/aromatic N) is 2. The van der Waals surface area contributed by atoms with Crippen LogP contribution in [0.1, 0.15) is 0 Å². The third kappa shape index (κ3) is 6.44. The smallest absolute Gasteiger partial charge is 0.146 e. The summed E-state index contributed by atoms with van der Waals surface area (Å²) < 4.78 is 2.21. The minimum atomic E-state index is 0.140. The molecule has 10 rings (SSSR count). The largest absolute Gasteiger partial charge is 0.292 e. The van der Waals surface area contributed by atoms with Crippen LogP contribution in [0.2, 0.25) is 0 Å². The molecule has 0 aliphatic rings. The van der Waals surface area contributed by atoms with Crippen molar-refractivity contribution in [2.75, 3.05) is 0 Å². The molecule has 0 aliphatic heterocycles. The van der Waals surface area contributed by atoms with Gasteiger partial charge in [-0.3, -0.25) is 4.57 Å². The zero-order valence-corrected chi connectivity index (χ0v) is 34.0. The molecular formula is C51H24B10N2. The van der Waals surface area contributed by atoms with Gasteiger partial charge in [0.15, 0.2) is 0 Å². The number of hydrogen-bond acceptors (Lipinski definition) is 1. The normalized spacial score (nSPS) is 11.5. The van der Waals surface area contributed by atoms with E-state index < -0.39 is 0 Å². The monoisotopic (exact) mass is 774 g/mol. The minimum Gasteiger partial charge on any atom is -0.292 e. The summed E-state index contributed by atoms with van der Waals surface area (Å²) in [5, 5.41) is 3.80. The van der Waals surface area contributed by atoms with Crippen molar-refractivity contribution in [3.63, 3.8) is 0 Å². The van der Waals surface area contributed by atoms with E-state index in [1.165, 1.54) is 0 Å². The molecule has 0 atom stereocenters. The van der Waals surface area contributed by atoms with Crippen molar-refractivity contribution < 1.29 is 0 Å². The summed E-state index contributed by atoms with van der Waals surface area (Å²) in [5.74, 6) is 0.800. The van der Waals surface area contributed by atoms with E-state index in [0.29, 0.717) is 22.3 Å². The predicted molar refractivity (Wildman–Crippen MR) is 277 cm³/mol. The van der Waals surface area contributed by atoms with E-state index in [9.17, 15) is 0 Å². The van der Waals surface area contributed by atoms with Gasteiger partial charge in [0.05, 0.1) is 11.0 Å². The zero-order chi connectivity index (χ0) is 43.8. The van der Waals surface area contributed by atoms with Crippen LogP contribution in [0.3, 0.4) is 0 Å². The second kappa shape index (κ2) is 15.8. The van der Waals surface area contributed by atoms with Crippen molar-refractivity contribution in [1.82, 2.24) is 9.55 Å². The highest BCUT2D eigenvalue weighted by molar-refractivity contribution is 6.70. The van der Waals surface area contributed by atoms with Crippen molar-refractivity contribution in [3.8, 4) is 61.6 Å². The average Bonchev–Trinajstić information content (AvgIpc) is 3.71. The first-order chi connectivity index (χ1) is 30.5. The number of para-hydroxylation sites is 3. The highest BCUT2D eigenvalue weighted by Gasteiger charge is 2.24. The summed E-state index contributed by atoms with van der Waals surface area (Å²) in [6, 6.07) is 49.3. The lowest BCUT2D eigenvalue weighted by Gasteiger charge is -2.24. The van der Waals surface area contributed by atoms with Crippen LogP contribution in [-0.4, -0.2) is 88.0 Å². The predicted octanol–water partition coefficient (Wildman–Crippen LogP) is 1.60. The second-order valence-corrected chi connectivity index (χ2v) is 15.7. The fraction of sp³-hybridized carbons (Fsp3) is 0. The number of fused-ring (bicyclic) bond motifs is 3. The Labute approximate surface area is 380 Å². The summed E-state index contributed by atoms with van der Waals surface area (Å²) in [6.45, 7) is 0. The summed E-state index contributed by atoms with van der Waals surface area (Å²) >= 11 is 0. The summed E-state index contributed by atoms with van der Waals surface area (Å²) in [5.41, 5.74) is 11.9. The van der Waals surface area contributed by atoms with E-state index in [2.05, 4.69) is 71.3 Å². The molecule has 1 aromatic heterocycles. The van der Waals surface area contributed by atoms with Crippen molar-refractivity contribution in [1.29, 1.82) is 0 Å². The van der Waals surface area contributed by atoms with Gasteiger partial charge in [-0.1, -0.05) is 131 Å². The lowest BCUT2D eigenvalue weighted by Crippen LogP contribution is -2.55. The van der Waals surface area contributed by atoms with E-state index in [-0.39, 0.29) is 54.6 Å². The van der Waals surface area contributed by atoms with Crippen LogP contribution in [0.15, 0.2) is 146 Å². The first-order valence-electron chi connectivity index (χ1n) is 20.2. The van der Waals surface area contributed by atoms with E-state index in [0.717, 1.165) is 71.9 Å². The molecule has 0 unspecified atom stereocenters. The van der Waals surface area contributed by atoms with Gasteiger partial charge in [0, 0.05) is 11.3 Å². The third-order valence-corrected chi connectivity index (χ3v) is 12.2. The van der Waals surface area contributed by atoms with Crippen LogP contribution >= 0.6 is 0 Å². The first-order valence-corrected chi connectivity index (χ1v) is 20.2. The van der Waals surface area contributed by atoms with E-state index in [1.54, 1.807) is 0 Å². The van der Waals surface area contributed by atoms with Crippen LogP contribution in [0.5, 0.6) is 0 Å². The molecule has 20 radical (unpaired) electrons. The Hall–Kier alpha value is -6.38. The number of aromatic nitrogens is 2. The van der Waals surface area contributed by atoms with Crippen LogP contribution in [-0.2, 0) is 0 Å². The van der Waals surface area contributed by atoms with Gasteiger partial charge >= 0.3 is 0 Å². The molecule has 0 amide bonds. The quantitative estimate of drug-likeness (QED) is 0.186. The number of rotatable bonds is 6. The number of benzene rings is 9. The van der Waals surface area contributed by atoms with E-state index >= 15 is 0 Å². The van der Waals surface area contributed by atoms with Gasteiger partial charge in [-0.05, 0) is 102 Å². The molecule has 63 heavy (non-hydrogen) atoms. The highest BCUT2D eigenvalue weighted by atomic mass is 15.1. The maximum atomic E-state index is 6.71. The molecule has 10 aromatic rings. The van der Waals surface area contributed by atoms with E-state index in [4.69, 9.17) is 83.4 Å². The Balaban J connectivity index is 1.32. The standard InChI is InChI=1S/C51H24B10N2/c52-41-38(42(53)46(57)49(60)45(41)56)26-12-10-11-25(23-26)37-29-15-4-5-16-30(29)40(32-22-21-27(24-34(32)37)39-43(54)47(58)50(61)48(59)44(39)55)31-17-6-7-18-33(31)51-62-35-19-8-9-20-36(35)63(51)28-13-2-1-3-14-28/h1-24H.